The van der Waals surface area contributed by atoms with Gasteiger partial charge in [-0.25, -0.2) is 8.42 Å². The first-order valence-electron chi connectivity index (χ1n) is 20.4. The predicted octanol–water partition coefficient (Wildman–Crippen LogP) is 3.68. The van der Waals surface area contributed by atoms with Crippen LogP contribution < -0.4 is 36.7 Å². The molecule has 2 aromatic heterocycles. The number of anilines is 1. The number of hydrogen-bond acceptors (Lipinski definition) is 10. The molecule has 2 aliphatic heterocycles. The summed E-state index contributed by atoms with van der Waals surface area (Å²) in [6, 6.07) is 18.2. The Kier molecular flexibility index (Phi) is 12.9. The van der Waals surface area contributed by atoms with Crippen LogP contribution in [0.4, 0.5) is 5.69 Å². The number of hydrogen-bond donors (Lipinski definition) is 6. The van der Waals surface area contributed by atoms with E-state index in [1.807, 2.05) is 18.2 Å². The molecule has 18 heteroatoms. The predicted molar refractivity (Wildman–Crippen MR) is 232 cm³/mol. The van der Waals surface area contributed by atoms with Gasteiger partial charge in [-0.15, -0.1) is 0 Å². The zero-order valence-electron chi connectivity index (χ0n) is 34.3. The number of imide groups is 1. The Morgan fingerprint density at radius 2 is 1.65 bits per heavy atom. The number of aromatic amines is 1. The van der Waals surface area contributed by atoms with Crippen LogP contribution in [0.5, 0.6) is 11.5 Å². The molecule has 7 N–H and O–H groups in total. The van der Waals surface area contributed by atoms with Crippen LogP contribution in [0.1, 0.15) is 80.9 Å². The van der Waals surface area contributed by atoms with Crippen molar-refractivity contribution in [1.82, 2.24) is 30.4 Å². The zero-order chi connectivity index (χ0) is 44.1. The first-order chi connectivity index (χ1) is 29.7. The molecule has 7 rings (SSSR count). The number of ether oxygens (including phenoxy) is 1. The highest BCUT2D eigenvalue weighted by molar-refractivity contribution is 7.92. The molecule has 324 valence electrons. The maximum absolute atomic E-state index is 13.9. The number of sulfonamides is 1. The van der Waals surface area contributed by atoms with Crippen LogP contribution in [0.15, 0.2) is 77.7 Å². The molecule has 0 saturated carbocycles. The number of H-pyrrole nitrogens is 1. The summed E-state index contributed by atoms with van der Waals surface area (Å²) in [7, 11) is -2.36. The van der Waals surface area contributed by atoms with E-state index in [9.17, 15) is 37.2 Å². The van der Waals surface area contributed by atoms with Crippen molar-refractivity contribution in [2.24, 2.45) is 12.8 Å². The van der Waals surface area contributed by atoms with Crippen LogP contribution >= 0.6 is 0 Å². The third-order valence-corrected chi connectivity index (χ3v) is 11.5. The van der Waals surface area contributed by atoms with Crippen molar-refractivity contribution in [3.8, 4) is 22.6 Å². The minimum atomic E-state index is -3.90. The van der Waals surface area contributed by atoms with E-state index >= 15 is 0 Å². The highest BCUT2D eigenvalue weighted by Crippen LogP contribution is 2.41. The molecule has 62 heavy (non-hydrogen) atoms. The summed E-state index contributed by atoms with van der Waals surface area (Å²) in [6.07, 6.45) is 6.79. The quantitative estimate of drug-likeness (QED) is 0.0585. The topological polar surface area (TPSA) is 244 Å². The average Bonchev–Trinajstić information content (AvgIpc) is 3.84. The maximum Gasteiger partial charge on any atom is 0.274 e. The Labute approximate surface area is 357 Å². The van der Waals surface area contributed by atoms with Crippen LogP contribution in [0.25, 0.3) is 22.0 Å². The van der Waals surface area contributed by atoms with Crippen molar-refractivity contribution in [2.45, 2.75) is 57.5 Å². The Bertz CT molecular complexity index is 2750. The smallest absolute Gasteiger partial charge is 0.274 e. The lowest BCUT2D eigenvalue weighted by molar-refractivity contribution is -0.136. The molecule has 1 saturated heterocycles. The van der Waals surface area contributed by atoms with Crippen molar-refractivity contribution in [2.75, 3.05) is 30.6 Å². The molecule has 5 aromatic rings. The summed E-state index contributed by atoms with van der Waals surface area (Å²) in [5.41, 5.74) is 8.65. The Balaban J connectivity index is 1.07. The van der Waals surface area contributed by atoms with Gasteiger partial charge in [-0.3, -0.25) is 38.8 Å². The molecule has 3 aromatic carbocycles. The van der Waals surface area contributed by atoms with E-state index in [0.29, 0.717) is 53.8 Å². The number of fused-ring (bicyclic) bond motifs is 2. The van der Waals surface area contributed by atoms with E-state index in [2.05, 4.69) is 25.7 Å². The summed E-state index contributed by atoms with van der Waals surface area (Å²) in [6.45, 7) is 1.04. The molecule has 1 unspecified atom stereocenters. The standard InChI is InChI=1S/C44H48N8O9S/c1-51-24-33(30-22-35(41(55)47-20-18-45)48-39(30)44(51)58)29-21-34(50-62(2,59)60)31(23-37(29)61-27-13-7-5-8-14-27)40(54)46-19-9-4-3-6-11-26-12-10-15-28-32(26)25-52(43(28)57)36-16-17-38(53)49-42(36)56/h5,7-8,10,12-15,21-24,36,48,50H,3-4,6,9,11,16-20,25,45H2,1-2H3,(H,46,54)(H,47,55)(H,49,53,56). The molecule has 5 amide bonds. The monoisotopic (exact) mass is 864 g/mol. The van der Waals surface area contributed by atoms with Gasteiger partial charge >= 0.3 is 0 Å². The second-order valence-electron chi connectivity index (χ2n) is 15.4. The van der Waals surface area contributed by atoms with Gasteiger partial charge in [0, 0.05) is 67.9 Å². The summed E-state index contributed by atoms with van der Waals surface area (Å²) in [5, 5.41) is 8.30. The number of aromatic nitrogens is 2. The second-order valence-corrected chi connectivity index (χ2v) is 17.2. The molecule has 0 aliphatic carbocycles. The number of nitrogens with zero attached hydrogens (tertiary/aromatic N) is 2. The van der Waals surface area contributed by atoms with Gasteiger partial charge in [-0.2, -0.15) is 0 Å². The number of rotatable bonds is 17. The number of para-hydroxylation sites is 1. The number of pyridine rings is 1. The fourth-order valence-corrected chi connectivity index (χ4v) is 8.46. The van der Waals surface area contributed by atoms with Crippen molar-refractivity contribution >= 4 is 56.1 Å². The summed E-state index contributed by atoms with van der Waals surface area (Å²) in [4.78, 5) is 81.9. The minimum Gasteiger partial charge on any atom is -0.457 e. The normalized spacial score (nSPS) is 15.0. The Morgan fingerprint density at radius 1 is 0.887 bits per heavy atom. The van der Waals surface area contributed by atoms with Crippen molar-refractivity contribution in [3.05, 3.63) is 111 Å². The van der Waals surface area contributed by atoms with Crippen LogP contribution in [-0.4, -0.2) is 84.3 Å². The number of aryl methyl sites for hydroxylation is 2. The molecule has 17 nitrogen and oxygen atoms in total. The second kappa shape index (κ2) is 18.4. The van der Waals surface area contributed by atoms with E-state index in [-0.39, 0.29) is 59.5 Å². The number of carbonyl (C=O) groups excluding carboxylic acids is 5. The van der Waals surface area contributed by atoms with Gasteiger partial charge in [0.1, 0.15) is 28.8 Å². The van der Waals surface area contributed by atoms with Crippen LogP contribution in [0.2, 0.25) is 0 Å². The summed E-state index contributed by atoms with van der Waals surface area (Å²) >= 11 is 0. The molecular formula is C44H48N8O9S. The number of carbonyl (C=O) groups is 5. The largest absolute Gasteiger partial charge is 0.457 e. The van der Waals surface area contributed by atoms with Gasteiger partial charge in [-0.05, 0) is 73.2 Å². The lowest BCUT2D eigenvalue weighted by Gasteiger charge is -2.29. The zero-order valence-corrected chi connectivity index (χ0v) is 35.2. The third-order valence-electron chi connectivity index (χ3n) is 10.9. The van der Waals surface area contributed by atoms with E-state index in [1.54, 1.807) is 48.5 Å². The Morgan fingerprint density at radius 3 is 2.39 bits per heavy atom. The van der Waals surface area contributed by atoms with E-state index in [4.69, 9.17) is 10.5 Å². The van der Waals surface area contributed by atoms with Crippen LogP contribution in [-0.2, 0) is 39.6 Å². The van der Waals surface area contributed by atoms with Crippen LogP contribution in [0.3, 0.4) is 0 Å². The summed E-state index contributed by atoms with van der Waals surface area (Å²) in [5.74, 6) is -1.38. The van der Waals surface area contributed by atoms with E-state index < -0.39 is 39.3 Å². The van der Waals surface area contributed by atoms with E-state index in [0.717, 1.165) is 43.1 Å². The number of benzene rings is 3. The lowest BCUT2D eigenvalue weighted by Crippen LogP contribution is -2.52. The van der Waals surface area contributed by atoms with Gasteiger partial charge < -0.3 is 35.6 Å². The SMILES string of the molecule is Cn1cc(-c2cc(NS(C)(=O)=O)c(C(=O)NCCCCCCc3cccc4c3CN(C3CCC(=O)NC3=O)C4=O)cc2Oc2ccccc2)c2cc(C(=O)NCCN)[nH]c2c1=O. The number of nitrogens with two attached hydrogens (primary N) is 1. The van der Waals surface area contributed by atoms with Gasteiger partial charge in [0.05, 0.1) is 17.5 Å². The molecule has 4 heterocycles. The highest BCUT2D eigenvalue weighted by atomic mass is 32.2. The minimum absolute atomic E-state index is 0.000853. The summed E-state index contributed by atoms with van der Waals surface area (Å²) < 4.78 is 35.6. The highest BCUT2D eigenvalue weighted by Gasteiger charge is 2.39. The first-order valence-corrected chi connectivity index (χ1v) is 22.2. The van der Waals surface area contributed by atoms with Gasteiger partial charge in [0.15, 0.2) is 0 Å². The molecule has 0 radical (unpaired) electrons. The van der Waals surface area contributed by atoms with Crippen molar-refractivity contribution in [3.63, 3.8) is 0 Å². The molecule has 1 atom stereocenters. The maximum atomic E-state index is 13.9. The number of nitrogens with one attached hydrogen (secondary N) is 5. The molecule has 0 bridgehead atoms. The fourth-order valence-electron chi connectivity index (χ4n) is 7.89. The average molecular weight is 865 g/mol. The third kappa shape index (κ3) is 9.55. The van der Waals surface area contributed by atoms with Gasteiger partial charge in [0.2, 0.25) is 21.8 Å². The van der Waals surface area contributed by atoms with E-state index in [1.165, 1.54) is 22.8 Å². The molecular weight excluding hydrogens is 817 g/mol. The van der Waals surface area contributed by atoms with Crippen LogP contribution in [0, 0.1) is 0 Å². The molecule has 2 aliphatic rings. The fraction of sp³-hybridized carbons (Fsp3) is 0.318. The number of amides is 5. The van der Waals surface area contributed by atoms with Crippen molar-refractivity contribution in [1.29, 1.82) is 0 Å². The Hall–Kier alpha value is -6.79. The lowest BCUT2D eigenvalue weighted by atomic mass is 9.98. The van der Waals surface area contributed by atoms with Crippen molar-refractivity contribution < 1.29 is 37.1 Å². The van der Waals surface area contributed by atoms with Gasteiger partial charge in [-0.1, -0.05) is 43.2 Å². The number of piperidine rings is 1. The number of unbranched alkanes of at least 4 members (excludes halogenated alkanes) is 3. The van der Waals surface area contributed by atoms with Gasteiger partial charge in [0.25, 0.3) is 23.3 Å². The molecule has 1 fully saturated rings. The molecule has 0 spiro atoms. The first kappa shape index (κ1) is 43.3.